The molecule has 0 N–H and O–H groups in total. The second-order valence-corrected chi connectivity index (χ2v) is 9.15. The minimum atomic E-state index is -0.0126. The van der Waals surface area contributed by atoms with Gasteiger partial charge in [-0.3, -0.25) is 4.90 Å². The first kappa shape index (κ1) is 18.7. The van der Waals surface area contributed by atoms with Crippen LogP contribution in [0, 0.1) is 0 Å². The van der Waals surface area contributed by atoms with Crippen LogP contribution in [0.25, 0.3) is 0 Å². The van der Waals surface area contributed by atoms with Crippen molar-refractivity contribution in [2.75, 3.05) is 50.9 Å². The fourth-order valence-corrected chi connectivity index (χ4v) is 5.39. The number of hydrogen-bond acceptors (Lipinski definition) is 7. The molecule has 1 aromatic carbocycles. The zero-order valence-corrected chi connectivity index (χ0v) is 17.2. The van der Waals surface area contributed by atoms with Crippen molar-refractivity contribution in [2.45, 2.75) is 42.9 Å². The molecule has 4 saturated heterocycles. The zero-order chi connectivity index (χ0) is 20.0. The topological polar surface area (TPSA) is 60.2 Å². The highest BCUT2D eigenvalue weighted by Gasteiger charge is 2.52. The van der Waals surface area contributed by atoms with E-state index in [2.05, 4.69) is 39.0 Å². The van der Waals surface area contributed by atoms with Gasteiger partial charge in [-0.2, -0.15) is 0 Å². The van der Waals surface area contributed by atoms with Gasteiger partial charge in [0, 0.05) is 6.04 Å². The summed E-state index contributed by atoms with van der Waals surface area (Å²) in [5.41, 5.74) is 1.35. The molecule has 7 nitrogen and oxygen atoms in total. The van der Waals surface area contributed by atoms with Crippen LogP contribution in [0.15, 0.2) is 41.1 Å². The van der Waals surface area contributed by atoms with Crippen molar-refractivity contribution in [1.29, 1.82) is 0 Å². The third kappa shape index (κ3) is 3.39. The van der Waals surface area contributed by atoms with E-state index in [0.717, 1.165) is 45.0 Å². The first-order valence-corrected chi connectivity index (χ1v) is 11.1. The van der Waals surface area contributed by atoms with Gasteiger partial charge in [0.1, 0.15) is 23.7 Å². The minimum Gasteiger partial charge on any atom is -0.485 e. The standard InChI is InChI=1S/C23H29N3O4/c1-2-4-21(30-19-13-27-14-19)20(3-1)17-5-8-25(9-6-17)18-11-23(29-12-18)15-26(16-23)22-24-7-10-28-22/h1-4,7,10,17-19H,5-6,8-9,11-16H2. The number of rotatable bonds is 5. The molecule has 7 heteroatoms. The van der Waals surface area contributed by atoms with Gasteiger partial charge in [-0.15, -0.1) is 0 Å². The van der Waals surface area contributed by atoms with Crippen LogP contribution >= 0.6 is 0 Å². The molecule has 4 aliphatic rings. The van der Waals surface area contributed by atoms with Gasteiger partial charge in [-0.05, 0) is 49.9 Å². The molecule has 4 fully saturated rings. The molecule has 0 saturated carbocycles. The first-order chi connectivity index (χ1) is 14.8. The second kappa shape index (κ2) is 7.55. The molecule has 5 heterocycles. The number of hydrogen-bond donors (Lipinski definition) is 0. The Bertz CT molecular complexity index is 855. The lowest BCUT2D eigenvalue weighted by atomic mass is 9.86. The Morgan fingerprint density at radius 1 is 1.07 bits per heavy atom. The summed E-state index contributed by atoms with van der Waals surface area (Å²) in [5, 5.41) is 0. The number of ether oxygens (including phenoxy) is 3. The molecule has 1 unspecified atom stereocenters. The normalized spacial score (nSPS) is 27.2. The van der Waals surface area contributed by atoms with E-state index < -0.39 is 0 Å². The van der Waals surface area contributed by atoms with Gasteiger partial charge in [0.25, 0.3) is 6.01 Å². The largest absolute Gasteiger partial charge is 0.485 e. The highest BCUT2D eigenvalue weighted by molar-refractivity contribution is 5.37. The van der Waals surface area contributed by atoms with Crippen molar-refractivity contribution in [3.05, 3.63) is 42.3 Å². The summed E-state index contributed by atoms with van der Waals surface area (Å²) in [7, 11) is 0. The van der Waals surface area contributed by atoms with E-state index in [-0.39, 0.29) is 11.7 Å². The molecule has 4 aliphatic heterocycles. The van der Waals surface area contributed by atoms with Crippen molar-refractivity contribution in [2.24, 2.45) is 0 Å². The third-order valence-corrected chi connectivity index (χ3v) is 7.14. The molecule has 6 rings (SSSR count). The lowest BCUT2D eigenvalue weighted by Crippen LogP contribution is -2.62. The molecule has 1 aromatic heterocycles. The van der Waals surface area contributed by atoms with Crippen LogP contribution in [0.2, 0.25) is 0 Å². The molecular weight excluding hydrogens is 382 g/mol. The number of benzene rings is 1. The van der Waals surface area contributed by atoms with Gasteiger partial charge in [0.15, 0.2) is 0 Å². The first-order valence-electron chi connectivity index (χ1n) is 11.1. The number of anilines is 1. The maximum Gasteiger partial charge on any atom is 0.297 e. The maximum absolute atomic E-state index is 6.28. The fraction of sp³-hybridized carbons (Fsp3) is 0.609. The number of oxazole rings is 1. The van der Waals surface area contributed by atoms with Crippen LogP contribution in [0.5, 0.6) is 5.75 Å². The van der Waals surface area contributed by atoms with Crippen molar-refractivity contribution < 1.29 is 18.6 Å². The summed E-state index contributed by atoms with van der Waals surface area (Å²) in [4.78, 5) is 9.06. The minimum absolute atomic E-state index is 0.0126. The lowest BCUT2D eigenvalue weighted by molar-refractivity contribution is -0.0801. The van der Waals surface area contributed by atoms with Gasteiger partial charge in [0.2, 0.25) is 0 Å². The Labute approximate surface area is 176 Å². The predicted octanol–water partition coefficient (Wildman–Crippen LogP) is 2.68. The second-order valence-electron chi connectivity index (χ2n) is 9.15. The molecule has 1 atom stereocenters. The van der Waals surface area contributed by atoms with Crippen molar-refractivity contribution >= 4 is 6.01 Å². The molecule has 30 heavy (non-hydrogen) atoms. The fourth-order valence-electron chi connectivity index (χ4n) is 5.39. The highest BCUT2D eigenvalue weighted by atomic mass is 16.6. The molecule has 0 amide bonds. The van der Waals surface area contributed by atoms with E-state index in [4.69, 9.17) is 18.6 Å². The number of aromatic nitrogens is 1. The summed E-state index contributed by atoms with van der Waals surface area (Å²) >= 11 is 0. The molecule has 0 aliphatic carbocycles. The Hall–Kier alpha value is -2.09. The predicted molar refractivity (Wildman–Crippen MR) is 111 cm³/mol. The highest BCUT2D eigenvalue weighted by Crippen LogP contribution is 2.41. The Morgan fingerprint density at radius 2 is 1.90 bits per heavy atom. The number of likely N-dealkylation sites (tertiary alicyclic amines) is 1. The lowest BCUT2D eigenvalue weighted by Gasteiger charge is -2.46. The summed E-state index contributed by atoms with van der Waals surface area (Å²) in [6.07, 6.45) is 7.01. The number of nitrogens with zero attached hydrogens (tertiary/aromatic N) is 3. The molecule has 2 aromatic rings. The van der Waals surface area contributed by atoms with E-state index in [1.165, 1.54) is 18.4 Å². The van der Waals surface area contributed by atoms with Crippen molar-refractivity contribution in [3.63, 3.8) is 0 Å². The quantitative estimate of drug-likeness (QED) is 0.750. The SMILES string of the molecule is c1ccc(C2CCN(C3COC4(C3)CN(c3ncco3)C4)CC2)c(OC2COC2)c1. The van der Waals surface area contributed by atoms with Gasteiger partial charge >= 0.3 is 0 Å². The van der Waals surface area contributed by atoms with Crippen LogP contribution in [0.3, 0.4) is 0 Å². The summed E-state index contributed by atoms with van der Waals surface area (Å²) in [5.74, 6) is 1.62. The van der Waals surface area contributed by atoms with Crippen molar-refractivity contribution in [3.8, 4) is 5.75 Å². The third-order valence-electron chi connectivity index (χ3n) is 7.14. The average Bonchev–Trinajstić information content (AvgIpc) is 3.40. The molecule has 160 valence electrons. The molecule has 0 radical (unpaired) electrons. The van der Waals surface area contributed by atoms with E-state index in [1.54, 1.807) is 12.5 Å². The van der Waals surface area contributed by atoms with Crippen LogP contribution in [-0.4, -0.2) is 73.6 Å². The molecule has 1 spiro atoms. The monoisotopic (exact) mass is 411 g/mol. The summed E-state index contributed by atoms with van der Waals surface area (Å²) in [6.45, 7) is 6.28. The van der Waals surface area contributed by atoms with Crippen LogP contribution in [0.1, 0.15) is 30.7 Å². The van der Waals surface area contributed by atoms with Crippen molar-refractivity contribution in [1.82, 2.24) is 9.88 Å². The smallest absolute Gasteiger partial charge is 0.297 e. The average molecular weight is 412 g/mol. The Morgan fingerprint density at radius 3 is 2.63 bits per heavy atom. The van der Waals surface area contributed by atoms with Crippen LogP contribution in [-0.2, 0) is 9.47 Å². The zero-order valence-electron chi connectivity index (χ0n) is 17.2. The van der Waals surface area contributed by atoms with E-state index in [9.17, 15) is 0 Å². The van der Waals surface area contributed by atoms with Gasteiger partial charge in [-0.1, -0.05) is 18.2 Å². The van der Waals surface area contributed by atoms with E-state index >= 15 is 0 Å². The number of para-hydroxylation sites is 1. The van der Waals surface area contributed by atoms with Gasteiger partial charge < -0.3 is 23.5 Å². The summed E-state index contributed by atoms with van der Waals surface area (Å²) < 4.78 is 23.1. The number of piperidine rings is 1. The van der Waals surface area contributed by atoms with Crippen LogP contribution in [0.4, 0.5) is 6.01 Å². The summed E-state index contributed by atoms with van der Waals surface area (Å²) in [6, 6.07) is 9.80. The van der Waals surface area contributed by atoms with E-state index in [1.807, 2.05) is 0 Å². The molecular formula is C23H29N3O4. The van der Waals surface area contributed by atoms with E-state index in [0.29, 0.717) is 31.2 Å². The molecule has 0 bridgehead atoms. The Balaban J connectivity index is 1.04. The van der Waals surface area contributed by atoms with Gasteiger partial charge in [-0.25, -0.2) is 4.98 Å². The van der Waals surface area contributed by atoms with Gasteiger partial charge in [0.05, 0.1) is 39.1 Å². The Kier molecular flexibility index (Phi) is 4.70. The van der Waals surface area contributed by atoms with Crippen LogP contribution < -0.4 is 9.64 Å². The maximum atomic E-state index is 6.28.